The first-order valence-corrected chi connectivity index (χ1v) is 9.37. The number of ether oxygens (including phenoxy) is 2. The molecule has 0 fully saturated rings. The Hall–Kier alpha value is -2.06. The number of hydrogen-bond donors (Lipinski definition) is 1. The second-order valence-electron chi connectivity index (χ2n) is 4.66. The number of methoxy groups -OCH3 is 1. The van der Waals surface area contributed by atoms with E-state index in [0.29, 0.717) is 23.2 Å². The molecule has 2 rings (SSSR count). The van der Waals surface area contributed by atoms with Crippen LogP contribution in [0, 0.1) is 0 Å². The van der Waals surface area contributed by atoms with Crippen molar-refractivity contribution in [3.8, 4) is 11.5 Å². The van der Waals surface area contributed by atoms with Crippen LogP contribution in [0.3, 0.4) is 0 Å². The summed E-state index contributed by atoms with van der Waals surface area (Å²) in [6.45, 7) is 2.68. The molecule has 0 radical (unpaired) electrons. The van der Waals surface area contributed by atoms with Gasteiger partial charge in [0.1, 0.15) is 0 Å². The molecule has 1 aromatic heterocycles. The molecule has 0 saturated heterocycles. The Labute approximate surface area is 149 Å². The molecule has 1 heterocycles. The topological polar surface area (TPSA) is 73.3 Å². The van der Waals surface area contributed by atoms with E-state index in [1.807, 2.05) is 31.4 Å². The highest BCUT2D eigenvalue weighted by Gasteiger charge is 2.06. The molecular formula is C16H19N3O3S2. The SMILES string of the molecule is CCCOc1ccc(/C=C/C(=O)Nc2nnc(SC)s2)cc1OC. The molecule has 2 aromatic rings. The molecule has 0 unspecified atom stereocenters. The highest BCUT2D eigenvalue weighted by Crippen LogP contribution is 2.28. The maximum absolute atomic E-state index is 11.9. The second kappa shape index (κ2) is 9.29. The minimum atomic E-state index is -0.260. The highest BCUT2D eigenvalue weighted by atomic mass is 32.2. The zero-order valence-electron chi connectivity index (χ0n) is 13.7. The smallest absolute Gasteiger partial charge is 0.250 e. The van der Waals surface area contributed by atoms with E-state index in [4.69, 9.17) is 9.47 Å². The van der Waals surface area contributed by atoms with Gasteiger partial charge in [0, 0.05) is 6.08 Å². The van der Waals surface area contributed by atoms with E-state index in [1.165, 1.54) is 29.2 Å². The van der Waals surface area contributed by atoms with Crippen molar-refractivity contribution in [2.45, 2.75) is 17.7 Å². The molecule has 6 nitrogen and oxygen atoms in total. The van der Waals surface area contributed by atoms with Crippen LogP contribution < -0.4 is 14.8 Å². The lowest BCUT2D eigenvalue weighted by Crippen LogP contribution is -2.07. The highest BCUT2D eigenvalue weighted by molar-refractivity contribution is 8.00. The minimum Gasteiger partial charge on any atom is -0.493 e. The molecule has 0 bridgehead atoms. The lowest BCUT2D eigenvalue weighted by molar-refractivity contribution is -0.111. The third-order valence-electron chi connectivity index (χ3n) is 2.89. The lowest BCUT2D eigenvalue weighted by Gasteiger charge is -2.10. The Balaban J connectivity index is 2.00. The number of nitrogens with zero attached hydrogens (tertiary/aromatic N) is 2. The Morgan fingerprint density at radius 1 is 1.38 bits per heavy atom. The number of aromatic nitrogens is 2. The van der Waals surface area contributed by atoms with Crippen molar-refractivity contribution in [1.29, 1.82) is 0 Å². The maximum atomic E-state index is 11.9. The summed E-state index contributed by atoms with van der Waals surface area (Å²) >= 11 is 2.82. The molecule has 1 N–H and O–H groups in total. The zero-order chi connectivity index (χ0) is 17.4. The van der Waals surface area contributed by atoms with Gasteiger partial charge in [-0.1, -0.05) is 36.1 Å². The van der Waals surface area contributed by atoms with Crippen LogP contribution in [-0.4, -0.2) is 36.1 Å². The van der Waals surface area contributed by atoms with Gasteiger partial charge in [0.15, 0.2) is 15.8 Å². The van der Waals surface area contributed by atoms with Crippen LogP contribution in [0.5, 0.6) is 11.5 Å². The number of hydrogen-bond acceptors (Lipinski definition) is 7. The molecule has 1 amide bonds. The Morgan fingerprint density at radius 2 is 2.21 bits per heavy atom. The van der Waals surface area contributed by atoms with Crippen molar-refractivity contribution >= 4 is 40.2 Å². The Bertz CT molecular complexity index is 716. The predicted molar refractivity (Wildman–Crippen MR) is 98.1 cm³/mol. The van der Waals surface area contributed by atoms with Gasteiger partial charge in [-0.25, -0.2) is 0 Å². The summed E-state index contributed by atoms with van der Waals surface area (Å²) in [4.78, 5) is 11.9. The van der Waals surface area contributed by atoms with E-state index < -0.39 is 0 Å². The fourth-order valence-corrected chi connectivity index (χ4v) is 2.95. The average molecular weight is 365 g/mol. The fourth-order valence-electron chi connectivity index (χ4n) is 1.78. The van der Waals surface area contributed by atoms with Crippen molar-refractivity contribution < 1.29 is 14.3 Å². The van der Waals surface area contributed by atoms with Gasteiger partial charge < -0.3 is 9.47 Å². The molecule has 0 aliphatic carbocycles. The number of carbonyl (C=O) groups is 1. The standard InChI is InChI=1S/C16H19N3O3S2/c1-4-9-22-12-7-5-11(10-13(12)21-2)6-8-14(20)17-15-18-19-16(23-3)24-15/h5-8,10H,4,9H2,1-3H3,(H,17,18,20)/b8-6+. The first-order valence-electron chi connectivity index (χ1n) is 7.33. The van der Waals surface area contributed by atoms with E-state index in [9.17, 15) is 4.79 Å². The largest absolute Gasteiger partial charge is 0.493 e. The summed E-state index contributed by atoms with van der Waals surface area (Å²) in [5.74, 6) is 1.07. The molecule has 0 aliphatic heterocycles. The summed E-state index contributed by atoms with van der Waals surface area (Å²) in [6.07, 6.45) is 5.99. The molecule has 1 aromatic carbocycles. The number of rotatable bonds is 8. The number of nitrogens with one attached hydrogen (secondary N) is 1. The van der Waals surface area contributed by atoms with E-state index in [-0.39, 0.29) is 5.91 Å². The van der Waals surface area contributed by atoms with E-state index >= 15 is 0 Å². The van der Waals surface area contributed by atoms with Gasteiger partial charge >= 0.3 is 0 Å². The van der Waals surface area contributed by atoms with Gasteiger partial charge in [0.05, 0.1) is 13.7 Å². The van der Waals surface area contributed by atoms with E-state index in [1.54, 1.807) is 13.2 Å². The molecule has 24 heavy (non-hydrogen) atoms. The molecule has 0 spiro atoms. The Morgan fingerprint density at radius 3 is 2.88 bits per heavy atom. The number of amides is 1. The molecule has 0 aliphatic rings. The lowest BCUT2D eigenvalue weighted by atomic mass is 10.2. The van der Waals surface area contributed by atoms with Crippen LogP contribution in [0.15, 0.2) is 28.6 Å². The van der Waals surface area contributed by atoms with Crippen molar-refractivity contribution in [1.82, 2.24) is 10.2 Å². The summed E-state index contributed by atoms with van der Waals surface area (Å²) in [6, 6.07) is 5.53. The fraction of sp³-hybridized carbons (Fsp3) is 0.312. The zero-order valence-corrected chi connectivity index (χ0v) is 15.4. The van der Waals surface area contributed by atoms with Gasteiger partial charge in [-0.3, -0.25) is 10.1 Å². The number of carbonyl (C=O) groups excluding carboxylic acids is 1. The molecule has 8 heteroatoms. The van der Waals surface area contributed by atoms with Crippen LogP contribution in [-0.2, 0) is 4.79 Å². The molecule has 0 saturated carbocycles. The van der Waals surface area contributed by atoms with Gasteiger partial charge in [-0.05, 0) is 36.4 Å². The molecule has 0 atom stereocenters. The number of anilines is 1. The van der Waals surface area contributed by atoms with Crippen molar-refractivity contribution in [2.75, 3.05) is 25.3 Å². The molecular weight excluding hydrogens is 346 g/mol. The van der Waals surface area contributed by atoms with E-state index in [2.05, 4.69) is 15.5 Å². The van der Waals surface area contributed by atoms with Crippen LogP contribution >= 0.6 is 23.1 Å². The second-order valence-corrected chi connectivity index (χ2v) is 6.69. The van der Waals surface area contributed by atoms with Gasteiger partial charge in [-0.15, -0.1) is 10.2 Å². The number of thioether (sulfide) groups is 1. The Kier molecular flexibility index (Phi) is 7.07. The summed E-state index contributed by atoms with van der Waals surface area (Å²) < 4.78 is 11.7. The van der Waals surface area contributed by atoms with Crippen LogP contribution in [0.25, 0.3) is 6.08 Å². The normalized spacial score (nSPS) is 10.8. The molecule has 128 valence electrons. The summed E-state index contributed by atoms with van der Waals surface area (Å²) in [5.41, 5.74) is 0.841. The summed E-state index contributed by atoms with van der Waals surface area (Å²) in [7, 11) is 1.59. The van der Waals surface area contributed by atoms with Crippen LogP contribution in [0.1, 0.15) is 18.9 Å². The van der Waals surface area contributed by atoms with Gasteiger partial charge in [-0.2, -0.15) is 0 Å². The van der Waals surface area contributed by atoms with Gasteiger partial charge in [0.2, 0.25) is 11.0 Å². The maximum Gasteiger partial charge on any atom is 0.250 e. The monoisotopic (exact) mass is 365 g/mol. The summed E-state index contributed by atoms with van der Waals surface area (Å²) in [5, 5.41) is 11.0. The average Bonchev–Trinajstić information content (AvgIpc) is 3.05. The first kappa shape index (κ1) is 18.3. The van der Waals surface area contributed by atoms with Crippen LogP contribution in [0.2, 0.25) is 0 Å². The third kappa shape index (κ3) is 5.24. The first-order chi connectivity index (χ1) is 11.7. The third-order valence-corrected chi connectivity index (χ3v) is 4.70. The predicted octanol–water partition coefficient (Wildman–Crippen LogP) is 3.71. The van der Waals surface area contributed by atoms with Crippen molar-refractivity contribution in [3.63, 3.8) is 0 Å². The van der Waals surface area contributed by atoms with Crippen LogP contribution in [0.4, 0.5) is 5.13 Å². The quantitative estimate of drug-likeness (QED) is 0.437. The van der Waals surface area contributed by atoms with Crippen molar-refractivity contribution in [2.24, 2.45) is 0 Å². The minimum absolute atomic E-state index is 0.260. The van der Waals surface area contributed by atoms with Crippen molar-refractivity contribution in [3.05, 3.63) is 29.8 Å². The van der Waals surface area contributed by atoms with Gasteiger partial charge in [0.25, 0.3) is 0 Å². The van der Waals surface area contributed by atoms with E-state index in [0.717, 1.165) is 16.3 Å². The number of benzene rings is 1.